The minimum absolute atomic E-state index is 0.00644. The number of likely N-dealkylation sites (N-methyl/N-ethyl adjacent to an activating group) is 1. The number of rotatable bonds is 3. The van der Waals surface area contributed by atoms with Gasteiger partial charge in [0, 0.05) is 12.6 Å². The van der Waals surface area contributed by atoms with Gasteiger partial charge in [0.2, 0.25) is 0 Å². The minimum Gasteiger partial charge on any atom is -0.334 e. The van der Waals surface area contributed by atoms with Gasteiger partial charge in [-0.1, -0.05) is 6.07 Å². The fraction of sp³-hybridized carbons (Fsp3) is 0.364. The first-order valence-electron chi connectivity index (χ1n) is 4.98. The molecular formula is C11H13F2N3. The number of benzene rings is 1. The van der Waals surface area contributed by atoms with E-state index in [0.29, 0.717) is 5.52 Å². The molecule has 1 heterocycles. The zero-order chi connectivity index (χ0) is 11.8. The van der Waals surface area contributed by atoms with Crippen LogP contribution in [0.3, 0.4) is 0 Å². The highest BCUT2D eigenvalue weighted by molar-refractivity contribution is 5.76. The van der Waals surface area contributed by atoms with Crippen LogP contribution in [-0.4, -0.2) is 23.1 Å². The molecule has 2 rings (SSSR count). The molecule has 0 aliphatic rings. The fourth-order valence-electron chi connectivity index (χ4n) is 1.69. The van der Waals surface area contributed by atoms with Crippen molar-refractivity contribution in [1.29, 1.82) is 0 Å². The van der Waals surface area contributed by atoms with Gasteiger partial charge in [-0.3, -0.25) is 0 Å². The Balaban J connectivity index is 2.46. The Morgan fingerprint density at radius 3 is 2.88 bits per heavy atom. The van der Waals surface area contributed by atoms with Crippen molar-refractivity contribution < 1.29 is 8.78 Å². The molecule has 0 atom stereocenters. The third kappa shape index (κ3) is 1.78. The smallest absolute Gasteiger partial charge is 0.285 e. The highest BCUT2D eigenvalue weighted by atomic mass is 19.3. The lowest BCUT2D eigenvalue weighted by Crippen LogP contribution is -2.28. The van der Waals surface area contributed by atoms with Crippen LogP contribution in [0.5, 0.6) is 0 Å². The number of imidazole rings is 1. The number of hydrogen-bond acceptors (Lipinski definition) is 2. The van der Waals surface area contributed by atoms with Gasteiger partial charge in [0.1, 0.15) is 0 Å². The quantitative estimate of drug-likeness (QED) is 0.864. The zero-order valence-electron chi connectivity index (χ0n) is 9.17. The largest absolute Gasteiger partial charge is 0.334 e. The summed E-state index contributed by atoms with van der Waals surface area (Å²) in [5, 5.41) is 2.48. The van der Waals surface area contributed by atoms with Gasteiger partial charge in [0.05, 0.1) is 23.9 Å². The summed E-state index contributed by atoms with van der Waals surface area (Å²) < 4.78 is 29.0. The number of hydrogen-bond donors (Lipinski definition) is 1. The number of aryl methyl sites for hydroxylation is 1. The van der Waals surface area contributed by atoms with E-state index < -0.39 is 5.92 Å². The van der Waals surface area contributed by atoms with Crippen LogP contribution in [0, 0.1) is 0 Å². The molecule has 5 heteroatoms. The summed E-state index contributed by atoms with van der Waals surface area (Å²) in [6.07, 6.45) is 1.62. The maximum atomic E-state index is 13.6. The van der Waals surface area contributed by atoms with Gasteiger partial charge in [-0.2, -0.15) is 8.78 Å². The maximum absolute atomic E-state index is 13.6. The maximum Gasteiger partial charge on any atom is 0.285 e. The molecule has 0 saturated carbocycles. The number of aromatic nitrogens is 2. The number of alkyl halides is 2. The van der Waals surface area contributed by atoms with Crippen LogP contribution in [0.2, 0.25) is 0 Å². The Labute approximate surface area is 92.1 Å². The molecule has 1 aromatic heterocycles. The number of nitrogens with one attached hydrogen (secondary N) is 1. The lowest BCUT2D eigenvalue weighted by molar-refractivity contribution is -0.00113. The Bertz CT molecular complexity index is 505. The van der Waals surface area contributed by atoms with Crippen molar-refractivity contribution in [1.82, 2.24) is 14.9 Å². The Hall–Kier alpha value is -1.49. The molecule has 0 fully saturated rings. The molecule has 16 heavy (non-hydrogen) atoms. The van der Waals surface area contributed by atoms with E-state index in [1.165, 1.54) is 19.2 Å². The summed E-state index contributed by atoms with van der Waals surface area (Å²) in [5.74, 6) is -2.86. The molecular weight excluding hydrogens is 212 g/mol. The first kappa shape index (κ1) is 11.0. The van der Waals surface area contributed by atoms with Crippen molar-refractivity contribution >= 4 is 11.0 Å². The van der Waals surface area contributed by atoms with Crippen LogP contribution in [0.15, 0.2) is 24.5 Å². The van der Waals surface area contributed by atoms with Gasteiger partial charge in [-0.15, -0.1) is 0 Å². The lowest BCUT2D eigenvalue weighted by Gasteiger charge is -2.15. The molecule has 0 spiro atoms. The van der Waals surface area contributed by atoms with Crippen molar-refractivity contribution in [3.8, 4) is 0 Å². The van der Waals surface area contributed by atoms with E-state index in [2.05, 4.69) is 10.3 Å². The number of fused-ring (bicyclic) bond motifs is 1. The molecule has 1 N–H and O–H groups in total. The monoisotopic (exact) mass is 225 g/mol. The summed E-state index contributed by atoms with van der Waals surface area (Å²) in [7, 11) is 3.34. The van der Waals surface area contributed by atoms with E-state index in [0.717, 1.165) is 5.52 Å². The number of nitrogens with zero attached hydrogens (tertiary/aromatic N) is 2. The van der Waals surface area contributed by atoms with Crippen molar-refractivity contribution in [2.24, 2.45) is 7.05 Å². The van der Waals surface area contributed by atoms with Gasteiger partial charge in [0.15, 0.2) is 0 Å². The van der Waals surface area contributed by atoms with Crippen molar-refractivity contribution in [2.75, 3.05) is 13.6 Å². The van der Waals surface area contributed by atoms with E-state index in [9.17, 15) is 8.78 Å². The average Bonchev–Trinajstić information content (AvgIpc) is 2.60. The van der Waals surface area contributed by atoms with E-state index in [4.69, 9.17) is 0 Å². The van der Waals surface area contributed by atoms with E-state index >= 15 is 0 Å². The van der Waals surface area contributed by atoms with Crippen LogP contribution in [0.4, 0.5) is 8.78 Å². The van der Waals surface area contributed by atoms with Gasteiger partial charge in [-0.25, -0.2) is 4.98 Å². The highest BCUT2D eigenvalue weighted by Gasteiger charge is 2.30. The second kappa shape index (κ2) is 3.83. The van der Waals surface area contributed by atoms with Crippen LogP contribution < -0.4 is 5.32 Å². The topological polar surface area (TPSA) is 29.9 Å². The molecule has 0 unspecified atom stereocenters. The molecule has 2 aromatic rings. The second-order valence-corrected chi connectivity index (χ2v) is 3.79. The van der Waals surface area contributed by atoms with Crippen LogP contribution in [0.25, 0.3) is 11.0 Å². The normalized spacial score (nSPS) is 12.2. The van der Waals surface area contributed by atoms with Crippen LogP contribution in [-0.2, 0) is 13.0 Å². The Morgan fingerprint density at radius 2 is 2.19 bits per heavy atom. The van der Waals surface area contributed by atoms with Crippen LogP contribution in [0.1, 0.15) is 5.56 Å². The molecule has 86 valence electrons. The molecule has 0 aliphatic carbocycles. The predicted octanol–water partition coefficient (Wildman–Crippen LogP) is 1.88. The van der Waals surface area contributed by atoms with E-state index in [1.54, 1.807) is 17.0 Å². The molecule has 0 radical (unpaired) electrons. The molecule has 0 bridgehead atoms. The zero-order valence-corrected chi connectivity index (χ0v) is 9.17. The van der Waals surface area contributed by atoms with Crippen LogP contribution >= 0.6 is 0 Å². The summed E-state index contributed by atoms with van der Waals surface area (Å²) in [6, 6.07) is 4.55. The highest BCUT2D eigenvalue weighted by Crippen LogP contribution is 2.29. The van der Waals surface area contributed by atoms with Gasteiger partial charge < -0.3 is 9.88 Å². The molecule has 1 aromatic carbocycles. The van der Waals surface area contributed by atoms with E-state index in [1.807, 2.05) is 7.05 Å². The minimum atomic E-state index is -2.86. The summed E-state index contributed by atoms with van der Waals surface area (Å²) in [5.41, 5.74) is 1.44. The van der Waals surface area contributed by atoms with Crippen molar-refractivity contribution in [2.45, 2.75) is 5.92 Å². The summed E-state index contributed by atoms with van der Waals surface area (Å²) in [6.45, 7) is -0.370. The third-order valence-electron chi connectivity index (χ3n) is 2.55. The first-order valence-corrected chi connectivity index (χ1v) is 4.98. The molecule has 0 aliphatic heterocycles. The molecule has 0 amide bonds. The lowest BCUT2D eigenvalue weighted by atomic mass is 10.1. The van der Waals surface area contributed by atoms with E-state index in [-0.39, 0.29) is 12.1 Å². The predicted molar refractivity (Wildman–Crippen MR) is 58.5 cm³/mol. The molecule has 3 nitrogen and oxygen atoms in total. The van der Waals surface area contributed by atoms with Crippen molar-refractivity contribution in [3.05, 3.63) is 30.1 Å². The van der Waals surface area contributed by atoms with Gasteiger partial charge in [0.25, 0.3) is 5.92 Å². The van der Waals surface area contributed by atoms with Crippen molar-refractivity contribution in [3.63, 3.8) is 0 Å². The first-order chi connectivity index (χ1) is 7.54. The van der Waals surface area contributed by atoms with Gasteiger partial charge in [-0.05, 0) is 19.2 Å². The summed E-state index contributed by atoms with van der Waals surface area (Å²) >= 11 is 0. The second-order valence-electron chi connectivity index (χ2n) is 3.79. The fourth-order valence-corrected chi connectivity index (χ4v) is 1.69. The van der Waals surface area contributed by atoms with Gasteiger partial charge >= 0.3 is 0 Å². The SMILES string of the molecule is CNCC(F)(F)c1ccc2c(c1)ncn2C. The average molecular weight is 225 g/mol. The molecule has 0 saturated heterocycles. The Kier molecular flexibility index (Phi) is 2.63. The summed E-state index contributed by atoms with van der Waals surface area (Å²) in [4.78, 5) is 4.06. The third-order valence-corrected chi connectivity index (χ3v) is 2.55. The Morgan fingerprint density at radius 1 is 1.44 bits per heavy atom. The standard InChI is InChI=1S/C11H13F2N3/c1-14-6-11(12,13)8-3-4-10-9(5-8)15-7-16(10)2/h3-5,7,14H,6H2,1-2H3. The number of halogens is 2.